The number of hydrogen-bond donors (Lipinski definition) is 2. The quantitative estimate of drug-likeness (QED) is 0.709. The van der Waals surface area contributed by atoms with Gasteiger partial charge < -0.3 is 16.0 Å². The summed E-state index contributed by atoms with van der Waals surface area (Å²) in [6.07, 6.45) is 1.41. The van der Waals surface area contributed by atoms with Crippen LogP contribution in [0.5, 0.6) is 0 Å². The minimum atomic E-state index is -0.0913. The number of rotatable bonds is 5. The highest BCUT2D eigenvalue weighted by Crippen LogP contribution is 2.28. The Morgan fingerprint density at radius 2 is 2.07 bits per heavy atom. The van der Waals surface area contributed by atoms with Gasteiger partial charge in [0.05, 0.1) is 18.5 Å². The number of nitrogens with two attached hydrogens (primary N) is 1. The minimum Gasteiger partial charge on any atom is -0.342 e. The maximum Gasteiger partial charge on any atom is 0.231 e. The van der Waals surface area contributed by atoms with Gasteiger partial charge in [-0.05, 0) is 23.3 Å². The molecule has 1 atom stereocenters. The number of thiazole rings is 1. The Morgan fingerprint density at radius 1 is 1.32 bits per heavy atom. The number of amides is 2. The lowest BCUT2D eigenvalue weighted by atomic mass is 9.79. The highest BCUT2D eigenvalue weighted by molar-refractivity contribution is 7.14. The van der Waals surface area contributed by atoms with Crippen molar-refractivity contribution < 1.29 is 9.59 Å². The van der Waals surface area contributed by atoms with Crippen LogP contribution in [0.25, 0.3) is 0 Å². The highest BCUT2D eigenvalue weighted by atomic mass is 35.5. The first-order chi connectivity index (χ1) is 12.3. The lowest BCUT2D eigenvalue weighted by Gasteiger charge is -2.42. The topological polar surface area (TPSA) is 88.3 Å². The minimum absolute atomic E-state index is 0. The maximum atomic E-state index is 12.6. The number of thiophene rings is 1. The zero-order chi connectivity index (χ0) is 18.7. The molecule has 2 aromatic rings. The Balaban J connectivity index is 0.00000196. The summed E-state index contributed by atoms with van der Waals surface area (Å²) in [5, 5.41) is 7.13. The molecule has 1 unspecified atom stereocenters. The molecule has 2 aromatic heterocycles. The number of carbonyl (C=O) groups excluding carboxylic acids is 2. The average Bonchev–Trinajstić information content (AvgIpc) is 3.22. The second-order valence-electron chi connectivity index (χ2n) is 7.32. The van der Waals surface area contributed by atoms with E-state index in [1.165, 1.54) is 11.3 Å². The molecular formula is C18H26Cl2N4O2S2. The fourth-order valence-electron chi connectivity index (χ4n) is 3.03. The molecule has 28 heavy (non-hydrogen) atoms. The molecule has 0 bridgehead atoms. The summed E-state index contributed by atoms with van der Waals surface area (Å²) in [5.74, 6) is -0.0295. The van der Waals surface area contributed by atoms with Gasteiger partial charge in [-0.2, -0.15) is 0 Å². The summed E-state index contributed by atoms with van der Waals surface area (Å²) in [6.45, 7) is 5.56. The first kappa shape index (κ1) is 24.8. The molecule has 0 aliphatic carbocycles. The summed E-state index contributed by atoms with van der Waals surface area (Å²) >= 11 is 2.90. The molecule has 0 spiro atoms. The van der Waals surface area contributed by atoms with Gasteiger partial charge in [-0.1, -0.05) is 19.9 Å². The van der Waals surface area contributed by atoms with Gasteiger partial charge in [-0.25, -0.2) is 4.98 Å². The van der Waals surface area contributed by atoms with Gasteiger partial charge in [-0.15, -0.1) is 47.5 Å². The number of hydrogen-bond acceptors (Lipinski definition) is 6. The number of nitrogens with one attached hydrogen (secondary N) is 1. The lowest BCUT2D eigenvalue weighted by molar-refractivity contribution is -0.133. The molecule has 3 N–H and O–H groups in total. The molecule has 1 aliphatic rings. The van der Waals surface area contributed by atoms with Crippen molar-refractivity contribution in [2.45, 2.75) is 39.2 Å². The number of aromatic nitrogens is 1. The van der Waals surface area contributed by atoms with Gasteiger partial charge in [0.25, 0.3) is 0 Å². The predicted molar refractivity (Wildman–Crippen MR) is 120 cm³/mol. The van der Waals surface area contributed by atoms with Crippen LogP contribution in [0.3, 0.4) is 0 Å². The van der Waals surface area contributed by atoms with Crippen LogP contribution >= 0.6 is 47.5 Å². The molecule has 0 saturated carbocycles. The molecule has 1 fully saturated rings. The van der Waals surface area contributed by atoms with E-state index in [0.29, 0.717) is 30.3 Å². The van der Waals surface area contributed by atoms with Gasteiger partial charge in [-0.3, -0.25) is 9.59 Å². The van der Waals surface area contributed by atoms with Crippen LogP contribution in [0.15, 0.2) is 22.9 Å². The van der Waals surface area contributed by atoms with Crippen molar-refractivity contribution in [1.29, 1.82) is 0 Å². The molecular weight excluding hydrogens is 439 g/mol. The number of piperidine rings is 1. The van der Waals surface area contributed by atoms with Crippen LogP contribution in [0.4, 0.5) is 5.13 Å². The van der Waals surface area contributed by atoms with Crippen LogP contribution in [-0.2, 0) is 22.4 Å². The molecule has 6 nitrogen and oxygen atoms in total. The summed E-state index contributed by atoms with van der Waals surface area (Å²) < 4.78 is 0. The van der Waals surface area contributed by atoms with Crippen molar-refractivity contribution in [3.63, 3.8) is 0 Å². The van der Waals surface area contributed by atoms with Crippen LogP contribution in [-0.4, -0.2) is 40.8 Å². The lowest BCUT2D eigenvalue weighted by Crippen LogP contribution is -2.54. The van der Waals surface area contributed by atoms with E-state index in [1.54, 1.807) is 11.3 Å². The van der Waals surface area contributed by atoms with Crippen LogP contribution < -0.4 is 11.1 Å². The third-order valence-electron chi connectivity index (χ3n) is 4.71. The average molecular weight is 465 g/mol. The van der Waals surface area contributed by atoms with Gasteiger partial charge in [0, 0.05) is 29.4 Å². The highest BCUT2D eigenvalue weighted by Gasteiger charge is 2.35. The van der Waals surface area contributed by atoms with Crippen molar-refractivity contribution in [2.75, 3.05) is 18.4 Å². The number of nitrogens with zero attached hydrogens (tertiary/aromatic N) is 2. The monoisotopic (exact) mass is 464 g/mol. The Bertz CT molecular complexity index is 780. The van der Waals surface area contributed by atoms with Crippen LogP contribution in [0.2, 0.25) is 0 Å². The molecule has 156 valence electrons. The number of anilines is 1. The molecule has 10 heteroatoms. The largest absolute Gasteiger partial charge is 0.342 e. The fraction of sp³-hybridized carbons (Fsp3) is 0.500. The van der Waals surface area contributed by atoms with Crippen LogP contribution in [0.1, 0.15) is 30.8 Å². The van der Waals surface area contributed by atoms with E-state index in [1.807, 2.05) is 27.8 Å². The Hall–Kier alpha value is -1.19. The number of likely N-dealkylation sites (tertiary alicyclic amines) is 1. The second kappa shape index (κ2) is 10.5. The third-order valence-corrected chi connectivity index (χ3v) is 6.39. The third kappa shape index (κ3) is 6.42. The normalized spacial score (nSPS) is 18.0. The van der Waals surface area contributed by atoms with Gasteiger partial charge in [0.2, 0.25) is 11.8 Å². The first-order valence-corrected chi connectivity index (χ1v) is 10.4. The van der Waals surface area contributed by atoms with E-state index >= 15 is 0 Å². The van der Waals surface area contributed by atoms with Crippen LogP contribution in [0, 0.1) is 5.41 Å². The van der Waals surface area contributed by atoms with Gasteiger partial charge in [0.15, 0.2) is 5.13 Å². The van der Waals surface area contributed by atoms with Gasteiger partial charge >= 0.3 is 0 Å². The Labute approximate surface area is 185 Å². The Morgan fingerprint density at radius 3 is 2.71 bits per heavy atom. The summed E-state index contributed by atoms with van der Waals surface area (Å²) in [6, 6.07) is 3.98. The zero-order valence-corrected chi connectivity index (χ0v) is 19.1. The van der Waals surface area contributed by atoms with Crippen molar-refractivity contribution >= 4 is 64.4 Å². The summed E-state index contributed by atoms with van der Waals surface area (Å²) in [7, 11) is 0. The summed E-state index contributed by atoms with van der Waals surface area (Å²) in [4.78, 5) is 31.9. The van der Waals surface area contributed by atoms with Crippen molar-refractivity contribution in [2.24, 2.45) is 11.1 Å². The number of carbonyl (C=O) groups is 2. The first-order valence-electron chi connectivity index (χ1n) is 8.63. The molecule has 3 heterocycles. The van der Waals surface area contributed by atoms with E-state index in [-0.39, 0.29) is 54.5 Å². The summed E-state index contributed by atoms with van der Waals surface area (Å²) in [5.41, 5.74) is 6.76. The zero-order valence-electron chi connectivity index (χ0n) is 15.8. The SMILES string of the molecule is CC1(C)CN(C(=O)Cc2csc(NC(=O)Cc3cccs3)n2)CCC1N.Cl.Cl. The maximum absolute atomic E-state index is 12.6. The smallest absolute Gasteiger partial charge is 0.231 e. The van der Waals surface area contributed by atoms with Crippen molar-refractivity contribution in [3.8, 4) is 0 Å². The van der Waals surface area contributed by atoms with E-state index < -0.39 is 0 Å². The molecule has 2 amide bonds. The van der Waals surface area contributed by atoms with E-state index in [4.69, 9.17) is 5.73 Å². The fourth-order valence-corrected chi connectivity index (χ4v) is 4.46. The van der Waals surface area contributed by atoms with Gasteiger partial charge in [0.1, 0.15) is 0 Å². The van der Waals surface area contributed by atoms with E-state index in [2.05, 4.69) is 24.1 Å². The Kier molecular flexibility index (Phi) is 9.36. The molecule has 0 radical (unpaired) electrons. The van der Waals surface area contributed by atoms with E-state index in [0.717, 1.165) is 11.3 Å². The molecule has 3 rings (SSSR count). The molecule has 0 aromatic carbocycles. The second-order valence-corrected chi connectivity index (χ2v) is 9.21. The van der Waals surface area contributed by atoms with E-state index in [9.17, 15) is 9.59 Å². The number of halogens is 2. The standard InChI is InChI=1S/C18H24N4O2S2.2ClH/c1-18(2)11-22(6-5-14(18)19)16(24)8-12-10-26-17(20-12)21-15(23)9-13-4-3-7-25-13;;/h3-4,7,10,14H,5-6,8-9,11,19H2,1-2H3,(H,20,21,23);2*1H. The molecule has 1 aliphatic heterocycles. The van der Waals surface area contributed by atoms with Crippen molar-refractivity contribution in [1.82, 2.24) is 9.88 Å². The molecule has 1 saturated heterocycles. The predicted octanol–water partition coefficient (Wildman–Crippen LogP) is 3.36. The van der Waals surface area contributed by atoms with Crippen molar-refractivity contribution in [3.05, 3.63) is 33.5 Å².